The summed E-state index contributed by atoms with van der Waals surface area (Å²) in [6.45, 7) is 0.578. The monoisotopic (exact) mass is 266 g/mol. The Hall–Kier alpha value is -2.75. The predicted molar refractivity (Wildman–Crippen MR) is 77.4 cm³/mol. The fourth-order valence-electron chi connectivity index (χ4n) is 1.97. The van der Waals surface area contributed by atoms with Gasteiger partial charge in [-0.05, 0) is 30.3 Å². The van der Waals surface area contributed by atoms with Crippen LogP contribution in [0.4, 0.5) is 5.69 Å². The maximum absolute atomic E-state index is 9.70. The van der Waals surface area contributed by atoms with Gasteiger partial charge in [-0.2, -0.15) is 0 Å². The van der Waals surface area contributed by atoms with Crippen molar-refractivity contribution in [2.75, 3.05) is 5.32 Å². The molecule has 0 spiro atoms. The van der Waals surface area contributed by atoms with Gasteiger partial charge in [0.15, 0.2) is 12.2 Å². The molecule has 0 saturated heterocycles. The van der Waals surface area contributed by atoms with Crippen LogP contribution in [0.5, 0.6) is 5.75 Å². The van der Waals surface area contributed by atoms with Crippen LogP contribution in [0.1, 0.15) is 5.56 Å². The molecule has 0 unspecified atom stereocenters. The van der Waals surface area contributed by atoms with Crippen molar-refractivity contribution in [3.63, 3.8) is 0 Å². The molecule has 4 heteroatoms. The molecule has 0 amide bonds. The highest BCUT2D eigenvalue weighted by atomic mass is 16.3. The Morgan fingerprint density at radius 3 is 2.55 bits per heavy atom. The lowest BCUT2D eigenvalue weighted by molar-refractivity contribution is 0.469. The number of aromatic hydroxyl groups is 1. The van der Waals surface area contributed by atoms with Gasteiger partial charge in [0.25, 0.3) is 0 Å². The standard InChI is InChI=1S/C16H14N2O2/c19-15-4-2-1-3-13(15)9-18-14-7-5-12(6-8-14)16-10-17-11-20-16/h1-8,10-11,18-19H,9H2. The van der Waals surface area contributed by atoms with Gasteiger partial charge in [-0.25, -0.2) is 4.98 Å². The normalized spacial score (nSPS) is 10.4. The van der Waals surface area contributed by atoms with E-state index in [-0.39, 0.29) is 0 Å². The van der Waals surface area contributed by atoms with E-state index in [2.05, 4.69) is 10.3 Å². The van der Waals surface area contributed by atoms with E-state index in [0.29, 0.717) is 12.3 Å². The number of phenols is 1. The molecule has 0 atom stereocenters. The van der Waals surface area contributed by atoms with Gasteiger partial charge in [0.05, 0.1) is 6.20 Å². The molecule has 3 aromatic rings. The zero-order chi connectivity index (χ0) is 13.8. The second-order valence-corrected chi connectivity index (χ2v) is 4.43. The molecule has 2 aromatic carbocycles. The van der Waals surface area contributed by atoms with Crippen molar-refractivity contribution < 1.29 is 9.52 Å². The highest BCUT2D eigenvalue weighted by molar-refractivity contribution is 5.60. The molecule has 0 fully saturated rings. The SMILES string of the molecule is Oc1ccccc1CNc1ccc(-c2cnco2)cc1. The Labute approximate surface area is 116 Å². The lowest BCUT2D eigenvalue weighted by Crippen LogP contribution is -1.99. The third kappa shape index (κ3) is 2.64. The third-order valence-electron chi connectivity index (χ3n) is 3.08. The zero-order valence-electron chi connectivity index (χ0n) is 10.8. The molecule has 0 aliphatic heterocycles. The maximum atomic E-state index is 9.70. The molecule has 1 aromatic heterocycles. The van der Waals surface area contributed by atoms with Crippen LogP contribution in [-0.4, -0.2) is 10.1 Å². The quantitative estimate of drug-likeness (QED) is 0.756. The van der Waals surface area contributed by atoms with Gasteiger partial charge in [-0.3, -0.25) is 0 Å². The number of anilines is 1. The van der Waals surface area contributed by atoms with E-state index < -0.39 is 0 Å². The van der Waals surface area contributed by atoms with E-state index >= 15 is 0 Å². The highest BCUT2D eigenvalue weighted by Crippen LogP contribution is 2.22. The van der Waals surface area contributed by atoms with Crippen molar-refractivity contribution in [1.29, 1.82) is 0 Å². The van der Waals surface area contributed by atoms with Crippen LogP contribution in [0.3, 0.4) is 0 Å². The van der Waals surface area contributed by atoms with Crippen LogP contribution >= 0.6 is 0 Å². The Morgan fingerprint density at radius 2 is 1.85 bits per heavy atom. The van der Waals surface area contributed by atoms with Crippen LogP contribution < -0.4 is 5.32 Å². The molecule has 3 rings (SSSR count). The number of nitrogens with zero attached hydrogens (tertiary/aromatic N) is 1. The summed E-state index contributed by atoms with van der Waals surface area (Å²) in [5.41, 5.74) is 2.83. The first-order valence-electron chi connectivity index (χ1n) is 6.32. The highest BCUT2D eigenvalue weighted by Gasteiger charge is 2.02. The number of para-hydroxylation sites is 1. The minimum atomic E-state index is 0.304. The van der Waals surface area contributed by atoms with Gasteiger partial charge in [0.2, 0.25) is 0 Å². The Bertz CT molecular complexity index is 676. The number of hydrogen-bond acceptors (Lipinski definition) is 4. The fourth-order valence-corrected chi connectivity index (χ4v) is 1.97. The largest absolute Gasteiger partial charge is 0.508 e. The van der Waals surface area contributed by atoms with Crippen molar-refractivity contribution in [3.8, 4) is 17.1 Å². The van der Waals surface area contributed by atoms with Crippen molar-refractivity contribution >= 4 is 5.69 Å². The Morgan fingerprint density at radius 1 is 1.05 bits per heavy atom. The minimum absolute atomic E-state index is 0.304. The topological polar surface area (TPSA) is 58.3 Å². The first-order valence-corrected chi connectivity index (χ1v) is 6.32. The van der Waals surface area contributed by atoms with Gasteiger partial charge in [0.1, 0.15) is 5.75 Å². The molecule has 0 saturated carbocycles. The first kappa shape index (κ1) is 12.3. The van der Waals surface area contributed by atoms with Crippen LogP contribution in [0.2, 0.25) is 0 Å². The summed E-state index contributed by atoms with van der Waals surface area (Å²) in [6.07, 6.45) is 3.10. The zero-order valence-corrected chi connectivity index (χ0v) is 10.8. The summed E-state index contributed by atoms with van der Waals surface area (Å²) < 4.78 is 5.24. The van der Waals surface area contributed by atoms with Crippen molar-refractivity contribution in [2.45, 2.75) is 6.54 Å². The van der Waals surface area contributed by atoms with Crippen molar-refractivity contribution in [2.24, 2.45) is 0 Å². The first-order chi connectivity index (χ1) is 9.83. The summed E-state index contributed by atoms with van der Waals surface area (Å²) in [7, 11) is 0. The van der Waals surface area contributed by atoms with Crippen LogP contribution in [0, 0.1) is 0 Å². The molecule has 0 bridgehead atoms. The summed E-state index contributed by atoms with van der Waals surface area (Å²) in [5.74, 6) is 1.05. The number of benzene rings is 2. The summed E-state index contributed by atoms with van der Waals surface area (Å²) in [6, 6.07) is 15.2. The lowest BCUT2D eigenvalue weighted by Gasteiger charge is -2.08. The molecule has 1 heterocycles. The molecule has 2 N–H and O–H groups in total. The van der Waals surface area contributed by atoms with Crippen molar-refractivity contribution in [1.82, 2.24) is 4.98 Å². The second kappa shape index (κ2) is 5.48. The Balaban J connectivity index is 1.68. The van der Waals surface area contributed by atoms with E-state index in [1.807, 2.05) is 42.5 Å². The Kier molecular flexibility index (Phi) is 3.37. The molecule has 20 heavy (non-hydrogen) atoms. The van der Waals surface area contributed by atoms with Gasteiger partial charge in [0, 0.05) is 23.4 Å². The van der Waals surface area contributed by atoms with Crippen molar-refractivity contribution in [3.05, 3.63) is 66.7 Å². The van der Waals surface area contributed by atoms with Gasteiger partial charge < -0.3 is 14.8 Å². The van der Waals surface area contributed by atoms with E-state index in [1.165, 1.54) is 6.39 Å². The maximum Gasteiger partial charge on any atom is 0.181 e. The number of phenolic OH excluding ortho intramolecular Hbond substituents is 1. The van der Waals surface area contributed by atoms with Crippen LogP contribution in [0.25, 0.3) is 11.3 Å². The van der Waals surface area contributed by atoms with Gasteiger partial charge >= 0.3 is 0 Å². The summed E-state index contributed by atoms with van der Waals surface area (Å²) >= 11 is 0. The molecular weight excluding hydrogens is 252 g/mol. The second-order valence-electron chi connectivity index (χ2n) is 4.43. The number of rotatable bonds is 4. The van der Waals surface area contributed by atoms with E-state index in [9.17, 15) is 5.11 Å². The number of hydrogen-bond donors (Lipinski definition) is 2. The van der Waals surface area contributed by atoms with E-state index in [0.717, 1.165) is 22.6 Å². The van der Waals surface area contributed by atoms with Gasteiger partial charge in [-0.15, -0.1) is 0 Å². The third-order valence-corrected chi connectivity index (χ3v) is 3.08. The summed E-state index contributed by atoms with van der Waals surface area (Å²) in [5, 5.41) is 13.0. The van der Waals surface area contributed by atoms with E-state index in [1.54, 1.807) is 12.3 Å². The molecule has 0 aliphatic rings. The predicted octanol–water partition coefficient (Wildman–Crippen LogP) is 3.66. The smallest absolute Gasteiger partial charge is 0.181 e. The average Bonchev–Trinajstić information content (AvgIpc) is 3.01. The van der Waals surface area contributed by atoms with Crippen LogP contribution in [-0.2, 0) is 6.54 Å². The van der Waals surface area contributed by atoms with Crippen LogP contribution in [0.15, 0.2) is 65.5 Å². The molecule has 0 aliphatic carbocycles. The van der Waals surface area contributed by atoms with E-state index in [4.69, 9.17) is 4.42 Å². The minimum Gasteiger partial charge on any atom is -0.508 e. The lowest BCUT2D eigenvalue weighted by atomic mass is 10.1. The number of nitrogens with one attached hydrogen (secondary N) is 1. The molecule has 100 valence electrons. The number of aromatic nitrogens is 1. The molecule has 0 radical (unpaired) electrons. The molecular formula is C16H14N2O2. The number of oxazole rings is 1. The average molecular weight is 266 g/mol. The van der Waals surface area contributed by atoms with Gasteiger partial charge in [-0.1, -0.05) is 18.2 Å². The summed E-state index contributed by atoms with van der Waals surface area (Å²) in [4.78, 5) is 3.90. The molecule has 4 nitrogen and oxygen atoms in total. The fraction of sp³-hybridized carbons (Fsp3) is 0.0625.